The average Bonchev–Trinajstić information content (AvgIpc) is 3.33. The first-order valence-electron chi connectivity index (χ1n) is 8.79. The first-order chi connectivity index (χ1) is 12.3. The molecule has 3 aromatic rings. The molecular formula is C18H22N6O. The second-order valence-electron chi connectivity index (χ2n) is 6.60. The quantitative estimate of drug-likeness (QED) is 0.770. The number of aromatic nitrogens is 5. The van der Waals surface area contributed by atoms with Gasteiger partial charge in [-0.3, -0.25) is 0 Å². The minimum Gasteiger partial charge on any atom is -0.339 e. The summed E-state index contributed by atoms with van der Waals surface area (Å²) in [7, 11) is 0. The highest BCUT2D eigenvalue weighted by Crippen LogP contribution is 2.23. The monoisotopic (exact) mass is 338 g/mol. The van der Waals surface area contributed by atoms with Crippen molar-refractivity contribution >= 4 is 0 Å². The van der Waals surface area contributed by atoms with E-state index in [9.17, 15) is 0 Å². The molecule has 1 aliphatic rings. The van der Waals surface area contributed by atoms with Crippen LogP contribution in [0.3, 0.4) is 0 Å². The summed E-state index contributed by atoms with van der Waals surface area (Å²) in [5.74, 6) is 2.08. The minimum atomic E-state index is 0.644. The largest absolute Gasteiger partial charge is 0.339 e. The van der Waals surface area contributed by atoms with Crippen LogP contribution in [0.5, 0.6) is 0 Å². The molecule has 0 aliphatic carbocycles. The maximum absolute atomic E-state index is 5.44. The van der Waals surface area contributed by atoms with E-state index in [1.807, 2.05) is 19.1 Å². The van der Waals surface area contributed by atoms with Gasteiger partial charge >= 0.3 is 0 Å². The highest BCUT2D eigenvalue weighted by molar-refractivity contribution is 5.59. The zero-order valence-corrected chi connectivity index (χ0v) is 14.4. The molecule has 0 amide bonds. The summed E-state index contributed by atoms with van der Waals surface area (Å²) in [5.41, 5.74) is 3.04. The second-order valence-corrected chi connectivity index (χ2v) is 6.60. The highest BCUT2D eigenvalue weighted by atomic mass is 16.5. The molecule has 0 bridgehead atoms. The van der Waals surface area contributed by atoms with Crippen LogP contribution in [-0.4, -0.2) is 38.0 Å². The average molecular weight is 338 g/mol. The van der Waals surface area contributed by atoms with Crippen molar-refractivity contribution in [2.45, 2.75) is 32.6 Å². The number of piperidine rings is 1. The van der Waals surface area contributed by atoms with E-state index in [2.05, 4.69) is 31.6 Å². The fourth-order valence-corrected chi connectivity index (χ4v) is 3.36. The van der Waals surface area contributed by atoms with Gasteiger partial charge in [-0.2, -0.15) is 10.1 Å². The fourth-order valence-electron chi connectivity index (χ4n) is 3.36. The minimum absolute atomic E-state index is 0.644. The van der Waals surface area contributed by atoms with Gasteiger partial charge in [0.2, 0.25) is 11.7 Å². The van der Waals surface area contributed by atoms with E-state index in [0.29, 0.717) is 11.7 Å². The predicted octanol–water partition coefficient (Wildman–Crippen LogP) is 2.56. The summed E-state index contributed by atoms with van der Waals surface area (Å²) in [5, 5.41) is 11.8. The van der Waals surface area contributed by atoms with E-state index < -0.39 is 0 Å². The third kappa shape index (κ3) is 3.61. The Bertz CT molecular complexity index is 820. The number of rotatable bonds is 5. The van der Waals surface area contributed by atoms with Crippen molar-refractivity contribution in [2.75, 3.05) is 13.1 Å². The fraction of sp³-hybridized carbons (Fsp3) is 0.444. The summed E-state index contributed by atoms with van der Waals surface area (Å²) in [6, 6.07) is 6.05. The highest BCUT2D eigenvalue weighted by Gasteiger charge is 2.16. The SMILES string of the molecule is Cc1cc(-c2noc(CCC3CCCNC3)n2)ccc1-n1cncn1. The summed E-state index contributed by atoms with van der Waals surface area (Å²) in [6.45, 7) is 4.28. The first-order valence-corrected chi connectivity index (χ1v) is 8.79. The number of nitrogens with one attached hydrogen (secondary N) is 1. The molecule has 25 heavy (non-hydrogen) atoms. The molecule has 0 saturated carbocycles. The van der Waals surface area contributed by atoms with Crippen LogP contribution in [0.4, 0.5) is 0 Å². The lowest BCUT2D eigenvalue weighted by Gasteiger charge is -2.21. The molecule has 1 aromatic carbocycles. The summed E-state index contributed by atoms with van der Waals surface area (Å²) in [4.78, 5) is 8.56. The lowest BCUT2D eigenvalue weighted by molar-refractivity contribution is 0.327. The van der Waals surface area contributed by atoms with E-state index in [1.54, 1.807) is 11.0 Å². The standard InChI is InChI=1S/C18H22N6O/c1-13-9-15(5-6-16(13)24-12-20-11-21-24)18-22-17(25-23-18)7-4-14-3-2-8-19-10-14/h5-6,9,11-12,14,19H,2-4,7-8,10H2,1H3. The van der Waals surface area contributed by atoms with Crippen LogP contribution in [0.15, 0.2) is 35.4 Å². The Morgan fingerprint density at radius 1 is 1.36 bits per heavy atom. The van der Waals surface area contributed by atoms with Crippen molar-refractivity contribution in [1.82, 2.24) is 30.2 Å². The Balaban J connectivity index is 1.45. The molecule has 1 saturated heterocycles. The van der Waals surface area contributed by atoms with Gasteiger partial charge in [0.15, 0.2) is 0 Å². The lowest BCUT2D eigenvalue weighted by atomic mass is 9.95. The summed E-state index contributed by atoms with van der Waals surface area (Å²) >= 11 is 0. The molecule has 1 fully saturated rings. The van der Waals surface area contributed by atoms with Crippen LogP contribution in [0.25, 0.3) is 17.1 Å². The normalized spacial score (nSPS) is 17.7. The molecule has 2 aromatic heterocycles. The summed E-state index contributed by atoms with van der Waals surface area (Å²) < 4.78 is 7.19. The Morgan fingerprint density at radius 2 is 2.32 bits per heavy atom. The smallest absolute Gasteiger partial charge is 0.226 e. The number of hydrogen-bond acceptors (Lipinski definition) is 6. The van der Waals surface area contributed by atoms with Crippen molar-refractivity contribution in [3.05, 3.63) is 42.3 Å². The van der Waals surface area contributed by atoms with Crippen LogP contribution in [0.2, 0.25) is 0 Å². The molecule has 1 atom stereocenters. The van der Waals surface area contributed by atoms with Gasteiger partial charge < -0.3 is 9.84 Å². The van der Waals surface area contributed by atoms with E-state index in [4.69, 9.17) is 4.52 Å². The van der Waals surface area contributed by atoms with E-state index in [1.165, 1.54) is 19.2 Å². The van der Waals surface area contributed by atoms with Crippen molar-refractivity contribution in [2.24, 2.45) is 5.92 Å². The molecular weight excluding hydrogens is 316 g/mol. The zero-order valence-electron chi connectivity index (χ0n) is 14.4. The van der Waals surface area contributed by atoms with Gasteiger partial charge in [0.05, 0.1) is 5.69 Å². The van der Waals surface area contributed by atoms with Crippen molar-refractivity contribution in [1.29, 1.82) is 0 Å². The maximum Gasteiger partial charge on any atom is 0.226 e. The molecule has 130 valence electrons. The zero-order chi connectivity index (χ0) is 17.1. The maximum atomic E-state index is 5.44. The van der Waals surface area contributed by atoms with Crippen molar-refractivity contribution in [3.8, 4) is 17.1 Å². The Morgan fingerprint density at radius 3 is 3.08 bits per heavy atom. The van der Waals surface area contributed by atoms with Crippen molar-refractivity contribution < 1.29 is 4.52 Å². The van der Waals surface area contributed by atoms with Gasteiger partial charge in [-0.1, -0.05) is 5.16 Å². The molecule has 0 spiro atoms. The molecule has 3 heterocycles. The van der Waals surface area contributed by atoms with Gasteiger partial charge in [0.25, 0.3) is 0 Å². The topological polar surface area (TPSA) is 81.7 Å². The van der Waals surface area contributed by atoms with E-state index >= 15 is 0 Å². The summed E-state index contributed by atoms with van der Waals surface area (Å²) in [6.07, 6.45) is 7.71. The Hall–Kier alpha value is -2.54. The second kappa shape index (κ2) is 7.14. The van der Waals surface area contributed by atoms with Gasteiger partial charge in [0.1, 0.15) is 12.7 Å². The van der Waals surface area contributed by atoms with Gasteiger partial charge in [0, 0.05) is 12.0 Å². The van der Waals surface area contributed by atoms with Crippen LogP contribution in [0.1, 0.15) is 30.7 Å². The van der Waals surface area contributed by atoms with Gasteiger partial charge in [-0.05, 0) is 69.0 Å². The molecule has 1 N–H and O–H groups in total. The molecule has 7 heteroatoms. The molecule has 0 radical (unpaired) electrons. The Kier molecular flexibility index (Phi) is 4.56. The van der Waals surface area contributed by atoms with E-state index in [-0.39, 0.29) is 0 Å². The van der Waals surface area contributed by atoms with Gasteiger partial charge in [-0.25, -0.2) is 9.67 Å². The number of aryl methyl sites for hydroxylation is 2. The molecule has 4 rings (SSSR count). The molecule has 1 unspecified atom stereocenters. The third-order valence-corrected chi connectivity index (χ3v) is 4.75. The number of nitrogens with zero attached hydrogens (tertiary/aromatic N) is 5. The predicted molar refractivity (Wildman–Crippen MR) is 93.3 cm³/mol. The first kappa shape index (κ1) is 16.0. The third-order valence-electron chi connectivity index (χ3n) is 4.75. The van der Waals surface area contributed by atoms with Crippen LogP contribution < -0.4 is 5.32 Å². The lowest BCUT2D eigenvalue weighted by Crippen LogP contribution is -2.29. The van der Waals surface area contributed by atoms with Crippen LogP contribution in [0, 0.1) is 12.8 Å². The number of hydrogen-bond donors (Lipinski definition) is 1. The number of benzene rings is 1. The van der Waals surface area contributed by atoms with Crippen molar-refractivity contribution in [3.63, 3.8) is 0 Å². The van der Waals surface area contributed by atoms with Gasteiger partial charge in [-0.15, -0.1) is 0 Å². The molecule has 7 nitrogen and oxygen atoms in total. The van der Waals surface area contributed by atoms with Crippen LogP contribution in [-0.2, 0) is 6.42 Å². The Labute approximate surface area is 146 Å². The van der Waals surface area contributed by atoms with E-state index in [0.717, 1.165) is 48.6 Å². The van der Waals surface area contributed by atoms with Crippen LogP contribution >= 0.6 is 0 Å². The molecule has 1 aliphatic heterocycles.